The van der Waals surface area contributed by atoms with E-state index < -0.39 is 6.04 Å². The third-order valence-corrected chi connectivity index (χ3v) is 4.55. The van der Waals surface area contributed by atoms with Crippen LogP contribution in [-0.2, 0) is 24.8 Å². The van der Waals surface area contributed by atoms with E-state index in [1.54, 1.807) is 0 Å². The Kier molecular flexibility index (Phi) is 4.40. The van der Waals surface area contributed by atoms with Gasteiger partial charge in [0.05, 0.1) is 11.7 Å². The third kappa shape index (κ3) is 3.05. The number of carbonyl (C=O) groups is 1. The Hall–Kier alpha value is -2.60. The van der Waals surface area contributed by atoms with E-state index in [2.05, 4.69) is 15.4 Å². The second-order valence-corrected chi connectivity index (χ2v) is 6.16. The number of benzene rings is 1. The van der Waals surface area contributed by atoms with Crippen molar-refractivity contribution >= 4 is 16.8 Å². The van der Waals surface area contributed by atoms with Gasteiger partial charge in [-0.25, -0.2) is 0 Å². The zero-order chi connectivity index (χ0) is 17.3. The van der Waals surface area contributed by atoms with Crippen LogP contribution in [0.25, 0.3) is 10.9 Å². The Bertz CT molecular complexity index is 877. The Morgan fingerprint density at radius 1 is 1.38 bits per heavy atom. The highest BCUT2D eigenvalue weighted by atomic mass is 16.2. The van der Waals surface area contributed by atoms with E-state index in [-0.39, 0.29) is 5.91 Å². The average molecular weight is 325 g/mol. The first-order valence-corrected chi connectivity index (χ1v) is 8.04. The summed E-state index contributed by atoms with van der Waals surface area (Å²) in [5, 5.41) is 8.40. The minimum absolute atomic E-state index is 0.150. The number of nitrogens with one attached hydrogen (secondary N) is 2. The fourth-order valence-electron chi connectivity index (χ4n) is 3.01. The highest BCUT2D eigenvalue weighted by molar-refractivity contribution is 5.86. The van der Waals surface area contributed by atoms with Gasteiger partial charge in [-0.1, -0.05) is 18.2 Å². The third-order valence-electron chi connectivity index (χ3n) is 4.55. The van der Waals surface area contributed by atoms with Crippen LogP contribution >= 0.6 is 0 Å². The highest BCUT2D eigenvalue weighted by Crippen LogP contribution is 2.19. The second-order valence-electron chi connectivity index (χ2n) is 6.16. The molecule has 0 aliphatic heterocycles. The molecule has 2 aromatic heterocycles. The summed E-state index contributed by atoms with van der Waals surface area (Å²) in [4.78, 5) is 15.5. The molecule has 0 saturated carbocycles. The van der Waals surface area contributed by atoms with Crippen LogP contribution in [0.1, 0.15) is 22.5 Å². The quantitative estimate of drug-likeness (QED) is 0.667. The maximum absolute atomic E-state index is 12.3. The normalized spacial score (nSPS) is 12.5. The maximum Gasteiger partial charge on any atom is 0.237 e. The number of hydrogen-bond acceptors (Lipinski definition) is 3. The topological polar surface area (TPSA) is 88.7 Å². The minimum Gasteiger partial charge on any atom is -0.361 e. The summed E-state index contributed by atoms with van der Waals surface area (Å²) in [6.07, 6.45) is 2.42. The zero-order valence-corrected chi connectivity index (χ0v) is 14.3. The number of para-hydroxylation sites is 1. The monoisotopic (exact) mass is 325 g/mol. The molecule has 3 rings (SSSR count). The lowest BCUT2D eigenvalue weighted by Gasteiger charge is -2.12. The van der Waals surface area contributed by atoms with Crippen LogP contribution in [0.3, 0.4) is 0 Å². The van der Waals surface area contributed by atoms with Crippen LogP contribution in [-0.4, -0.2) is 26.7 Å². The van der Waals surface area contributed by atoms with Crippen LogP contribution in [0.15, 0.2) is 30.5 Å². The predicted molar refractivity (Wildman–Crippen MR) is 94.5 cm³/mol. The molecule has 0 saturated heterocycles. The molecule has 0 fully saturated rings. The molecule has 0 aliphatic rings. The molecule has 1 amide bonds. The number of H-pyrrole nitrogens is 1. The molecule has 3 aromatic rings. The van der Waals surface area contributed by atoms with Crippen molar-refractivity contribution in [2.45, 2.75) is 32.9 Å². The first-order chi connectivity index (χ1) is 11.5. The molecule has 0 spiro atoms. The number of aromatic nitrogens is 3. The number of carbonyl (C=O) groups excluding carboxylic acids is 1. The lowest BCUT2D eigenvalue weighted by atomic mass is 10.0. The molecule has 0 aliphatic carbocycles. The first-order valence-electron chi connectivity index (χ1n) is 8.04. The molecule has 6 heteroatoms. The smallest absolute Gasteiger partial charge is 0.237 e. The highest BCUT2D eigenvalue weighted by Gasteiger charge is 2.17. The Balaban J connectivity index is 1.65. The van der Waals surface area contributed by atoms with E-state index in [0.29, 0.717) is 13.0 Å². The number of aromatic amines is 1. The van der Waals surface area contributed by atoms with Gasteiger partial charge in [0.1, 0.15) is 0 Å². The molecular formula is C18H23N5O. The average Bonchev–Trinajstić information content (AvgIpc) is 3.07. The Morgan fingerprint density at radius 3 is 2.83 bits per heavy atom. The van der Waals surface area contributed by atoms with E-state index in [9.17, 15) is 4.79 Å². The largest absolute Gasteiger partial charge is 0.361 e. The van der Waals surface area contributed by atoms with Gasteiger partial charge < -0.3 is 16.0 Å². The Labute approximate surface area is 141 Å². The summed E-state index contributed by atoms with van der Waals surface area (Å²) in [5.74, 6) is -0.150. The van der Waals surface area contributed by atoms with Crippen molar-refractivity contribution in [3.05, 3.63) is 53.0 Å². The number of rotatable bonds is 5. The van der Waals surface area contributed by atoms with Gasteiger partial charge in [0.25, 0.3) is 0 Å². The summed E-state index contributed by atoms with van der Waals surface area (Å²) in [7, 11) is 1.90. The molecule has 1 atom stereocenters. The number of nitrogens with two attached hydrogens (primary N) is 1. The summed E-state index contributed by atoms with van der Waals surface area (Å²) in [5.41, 5.74) is 11.2. The van der Waals surface area contributed by atoms with Crippen molar-refractivity contribution < 1.29 is 4.79 Å². The number of nitrogens with zero attached hydrogens (tertiary/aromatic N) is 2. The first kappa shape index (κ1) is 16.3. The van der Waals surface area contributed by atoms with Crippen LogP contribution < -0.4 is 11.1 Å². The van der Waals surface area contributed by atoms with Crippen molar-refractivity contribution in [2.75, 3.05) is 0 Å². The fourth-order valence-corrected chi connectivity index (χ4v) is 3.01. The molecule has 24 heavy (non-hydrogen) atoms. The summed E-state index contributed by atoms with van der Waals surface area (Å²) < 4.78 is 1.82. The molecule has 0 radical (unpaired) electrons. The standard InChI is InChI=1S/C18H23N5O/c1-11-15(12(2)23(3)22-11)10-21-18(24)16(19)8-13-9-20-17-7-5-4-6-14(13)17/h4-7,9,16,20H,8,10,19H2,1-3H3,(H,21,24)/t16-/m0/s1. The zero-order valence-electron chi connectivity index (χ0n) is 14.3. The molecule has 6 nitrogen and oxygen atoms in total. The lowest BCUT2D eigenvalue weighted by Crippen LogP contribution is -2.41. The molecule has 0 bridgehead atoms. The van der Waals surface area contributed by atoms with E-state index in [1.165, 1.54) is 0 Å². The van der Waals surface area contributed by atoms with Gasteiger partial charge in [0.2, 0.25) is 5.91 Å². The fraction of sp³-hybridized carbons (Fsp3) is 0.333. The van der Waals surface area contributed by atoms with E-state index in [4.69, 9.17) is 5.73 Å². The van der Waals surface area contributed by atoms with Gasteiger partial charge in [-0.3, -0.25) is 9.48 Å². The number of aryl methyl sites for hydroxylation is 2. The summed E-state index contributed by atoms with van der Waals surface area (Å²) in [6, 6.07) is 7.43. The molecular weight excluding hydrogens is 302 g/mol. The molecule has 126 valence electrons. The van der Waals surface area contributed by atoms with Crippen molar-refractivity contribution in [3.8, 4) is 0 Å². The summed E-state index contributed by atoms with van der Waals surface area (Å²) in [6.45, 7) is 4.39. The lowest BCUT2D eigenvalue weighted by molar-refractivity contribution is -0.122. The number of hydrogen-bond donors (Lipinski definition) is 3. The SMILES string of the molecule is Cc1nn(C)c(C)c1CNC(=O)[C@@H](N)Cc1c[nH]c2ccccc12. The van der Waals surface area contributed by atoms with Crippen LogP contribution in [0.5, 0.6) is 0 Å². The van der Waals surface area contributed by atoms with E-state index >= 15 is 0 Å². The van der Waals surface area contributed by atoms with Gasteiger partial charge in [-0.05, 0) is 31.9 Å². The Morgan fingerprint density at radius 2 is 2.12 bits per heavy atom. The second kappa shape index (κ2) is 6.49. The van der Waals surface area contributed by atoms with Crippen LogP contribution in [0.4, 0.5) is 0 Å². The van der Waals surface area contributed by atoms with Crippen LogP contribution in [0, 0.1) is 13.8 Å². The predicted octanol–water partition coefficient (Wildman–Crippen LogP) is 1.70. The van der Waals surface area contributed by atoms with Gasteiger partial charge in [0, 0.05) is 41.9 Å². The van der Waals surface area contributed by atoms with Crippen molar-refractivity contribution in [2.24, 2.45) is 12.8 Å². The minimum atomic E-state index is -0.582. The van der Waals surface area contributed by atoms with Crippen molar-refractivity contribution in [1.29, 1.82) is 0 Å². The van der Waals surface area contributed by atoms with Crippen molar-refractivity contribution in [1.82, 2.24) is 20.1 Å². The maximum atomic E-state index is 12.3. The van der Waals surface area contributed by atoms with Crippen LogP contribution in [0.2, 0.25) is 0 Å². The molecule has 1 aromatic carbocycles. The summed E-state index contributed by atoms with van der Waals surface area (Å²) >= 11 is 0. The molecule has 4 N–H and O–H groups in total. The van der Waals surface area contributed by atoms with Gasteiger partial charge in [-0.2, -0.15) is 5.10 Å². The van der Waals surface area contributed by atoms with Crippen molar-refractivity contribution in [3.63, 3.8) is 0 Å². The van der Waals surface area contributed by atoms with Gasteiger partial charge in [0.15, 0.2) is 0 Å². The number of amides is 1. The van der Waals surface area contributed by atoms with Gasteiger partial charge in [-0.15, -0.1) is 0 Å². The molecule has 0 unspecified atom stereocenters. The van der Waals surface area contributed by atoms with Gasteiger partial charge >= 0.3 is 0 Å². The van der Waals surface area contributed by atoms with E-state index in [0.717, 1.165) is 33.4 Å². The molecule has 2 heterocycles. The van der Waals surface area contributed by atoms with E-state index in [1.807, 2.05) is 56.0 Å². The number of fused-ring (bicyclic) bond motifs is 1.